The summed E-state index contributed by atoms with van der Waals surface area (Å²) in [6, 6.07) is 6.21. The summed E-state index contributed by atoms with van der Waals surface area (Å²) in [6.07, 6.45) is 1.96. The standard InChI is InChI=1S/C22H28ClN3O4S/c1-12-11-15-16(19(28)24-2)17-21(30)26(9-3-4-10-27)18(22(12,17)31-15)20(29)25-14-7-5-13(23)6-8-14/h5-8,12,15-18,27H,3-4,9-11H2,1-2H3,(H,24,28)(H,25,29)/t12?,15-,16+,17+,18?,22?/m1/s1. The van der Waals surface area contributed by atoms with Gasteiger partial charge in [-0.15, -0.1) is 11.8 Å². The summed E-state index contributed by atoms with van der Waals surface area (Å²) < 4.78 is -0.630. The summed E-state index contributed by atoms with van der Waals surface area (Å²) in [7, 11) is 1.60. The molecule has 3 amide bonds. The van der Waals surface area contributed by atoms with Crippen LogP contribution < -0.4 is 10.6 Å². The number of nitrogens with one attached hydrogen (secondary N) is 2. The number of halogens is 1. The first-order valence-electron chi connectivity index (χ1n) is 10.7. The van der Waals surface area contributed by atoms with Crippen LogP contribution in [0.25, 0.3) is 0 Å². The van der Waals surface area contributed by atoms with Gasteiger partial charge in [0.1, 0.15) is 6.04 Å². The van der Waals surface area contributed by atoms with Gasteiger partial charge < -0.3 is 20.6 Å². The molecule has 0 radical (unpaired) electrons. The molecule has 168 valence electrons. The topological polar surface area (TPSA) is 98.7 Å². The highest BCUT2D eigenvalue weighted by atomic mass is 35.5. The molecule has 3 unspecified atom stereocenters. The van der Waals surface area contributed by atoms with Gasteiger partial charge in [0.25, 0.3) is 0 Å². The summed E-state index contributed by atoms with van der Waals surface area (Å²) in [6.45, 7) is 2.51. The monoisotopic (exact) mass is 465 g/mol. The number of rotatable bonds is 7. The predicted molar refractivity (Wildman–Crippen MR) is 121 cm³/mol. The Morgan fingerprint density at radius 2 is 1.97 bits per heavy atom. The second-order valence-electron chi connectivity index (χ2n) is 8.63. The molecule has 1 spiro atoms. The SMILES string of the molecule is CNC(=O)[C@@H]1[C@H]2C(=O)N(CCCCO)C(C(=O)Nc3ccc(Cl)cc3)C23S[C@@H]1CC3C. The second-order valence-corrected chi connectivity index (χ2v) is 10.6. The molecule has 0 aromatic heterocycles. The number of nitrogens with zero attached hydrogens (tertiary/aromatic N) is 1. The Bertz CT molecular complexity index is 882. The zero-order chi connectivity index (χ0) is 22.3. The van der Waals surface area contributed by atoms with Crippen molar-refractivity contribution in [3.05, 3.63) is 29.3 Å². The van der Waals surface area contributed by atoms with Gasteiger partial charge >= 0.3 is 0 Å². The van der Waals surface area contributed by atoms with Crippen molar-refractivity contribution >= 4 is 46.8 Å². The molecule has 0 saturated carbocycles. The van der Waals surface area contributed by atoms with Gasteiger partial charge in [-0.25, -0.2) is 0 Å². The van der Waals surface area contributed by atoms with Gasteiger partial charge in [0.15, 0.2) is 0 Å². The van der Waals surface area contributed by atoms with E-state index in [4.69, 9.17) is 11.6 Å². The molecule has 4 rings (SSSR count). The molecule has 3 aliphatic heterocycles. The number of aliphatic hydroxyl groups is 1. The van der Waals surface area contributed by atoms with E-state index in [0.29, 0.717) is 30.1 Å². The average Bonchev–Trinajstić information content (AvgIpc) is 3.33. The van der Waals surface area contributed by atoms with E-state index in [9.17, 15) is 19.5 Å². The number of likely N-dealkylation sites (tertiary alicyclic amines) is 1. The number of carbonyl (C=O) groups is 3. The molecule has 2 bridgehead atoms. The lowest BCUT2D eigenvalue weighted by Gasteiger charge is -2.38. The van der Waals surface area contributed by atoms with Gasteiger partial charge in [-0.2, -0.15) is 0 Å². The van der Waals surface area contributed by atoms with Gasteiger partial charge in [0.05, 0.1) is 16.6 Å². The van der Waals surface area contributed by atoms with Crippen molar-refractivity contribution in [2.45, 2.75) is 42.2 Å². The highest BCUT2D eigenvalue weighted by molar-refractivity contribution is 8.02. The van der Waals surface area contributed by atoms with E-state index >= 15 is 0 Å². The Morgan fingerprint density at radius 3 is 2.61 bits per heavy atom. The van der Waals surface area contributed by atoms with Crippen LogP contribution in [0, 0.1) is 17.8 Å². The molecule has 1 aromatic rings. The van der Waals surface area contributed by atoms with Crippen LogP contribution in [0.5, 0.6) is 0 Å². The third-order valence-electron chi connectivity index (χ3n) is 6.96. The number of anilines is 1. The number of unbranched alkanes of at least 4 members (excludes halogenated alkanes) is 1. The van der Waals surface area contributed by atoms with Crippen LogP contribution in [0.3, 0.4) is 0 Å². The maximum atomic E-state index is 13.6. The van der Waals surface area contributed by atoms with E-state index < -0.39 is 22.6 Å². The van der Waals surface area contributed by atoms with Gasteiger partial charge in [-0.1, -0.05) is 18.5 Å². The van der Waals surface area contributed by atoms with Gasteiger partial charge in [0, 0.05) is 36.2 Å². The number of hydrogen-bond donors (Lipinski definition) is 3. The zero-order valence-corrected chi connectivity index (χ0v) is 19.2. The van der Waals surface area contributed by atoms with E-state index in [-0.39, 0.29) is 35.5 Å². The molecule has 6 atom stereocenters. The Labute approximate surface area is 191 Å². The smallest absolute Gasteiger partial charge is 0.248 e. The number of aliphatic hydroxyl groups excluding tert-OH is 1. The number of carbonyl (C=O) groups excluding carboxylic acids is 3. The number of benzene rings is 1. The maximum Gasteiger partial charge on any atom is 0.248 e. The Balaban J connectivity index is 1.70. The fourth-order valence-electron chi connectivity index (χ4n) is 5.66. The molecule has 3 saturated heterocycles. The van der Waals surface area contributed by atoms with Crippen molar-refractivity contribution in [2.75, 3.05) is 25.5 Å². The second kappa shape index (κ2) is 8.64. The predicted octanol–water partition coefficient (Wildman–Crippen LogP) is 2.13. The van der Waals surface area contributed by atoms with Crippen LogP contribution in [-0.2, 0) is 14.4 Å². The minimum atomic E-state index is -0.668. The summed E-state index contributed by atoms with van der Waals surface area (Å²) in [5.41, 5.74) is 0.616. The third kappa shape index (κ3) is 3.52. The van der Waals surface area contributed by atoms with Gasteiger partial charge in [-0.3, -0.25) is 14.4 Å². The normalized spacial score (nSPS) is 33.5. The summed E-state index contributed by atoms with van der Waals surface area (Å²) >= 11 is 7.61. The third-order valence-corrected chi connectivity index (χ3v) is 9.29. The highest BCUT2D eigenvalue weighted by Crippen LogP contribution is 2.68. The van der Waals surface area contributed by atoms with Crippen LogP contribution >= 0.6 is 23.4 Å². The lowest BCUT2D eigenvalue weighted by atomic mass is 9.66. The molecule has 7 nitrogen and oxygen atoms in total. The van der Waals surface area contributed by atoms with Crippen molar-refractivity contribution < 1.29 is 19.5 Å². The Hall–Kier alpha value is -1.77. The van der Waals surface area contributed by atoms with Gasteiger partial charge in [-0.05, 0) is 49.4 Å². The van der Waals surface area contributed by atoms with Crippen LogP contribution in [0.1, 0.15) is 26.2 Å². The molecule has 3 heterocycles. The van der Waals surface area contributed by atoms with Crippen molar-refractivity contribution in [3.63, 3.8) is 0 Å². The molecule has 3 aliphatic rings. The Kier molecular flexibility index (Phi) is 6.25. The van der Waals surface area contributed by atoms with E-state index in [1.54, 1.807) is 48.0 Å². The fourth-order valence-corrected chi connectivity index (χ4v) is 8.21. The van der Waals surface area contributed by atoms with Crippen molar-refractivity contribution in [1.82, 2.24) is 10.2 Å². The molecule has 3 N–H and O–H groups in total. The Morgan fingerprint density at radius 1 is 1.26 bits per heavy atom. The number of hydrogen-bond acceptors (Lipinski definition) is 5. The van der Waals surface area contributed by atoms with Crippen LogP contribution in [0.4, 0.5) is 5.69 Å². The largest absolute Gasteiger partial charge is 0.396 e. The van der Waals surface area contributed by atoms with E-state index in [2.05, 4.69) is 17.6 Å². The molecular weight excluding hydrogens is 438 g/mol. The molecule has 9 heteroatoms. The highest BCUT2D eigenvalue weighted by Gasteiger charge is 2.75. The van der Waals surface area contributed by atoms with Crippen molar-refractivity contribution in [2.24, 2.45) is 17.8 Å². The van der Waals surface area contributed by atoms with Crippen LogP contribution in [0.15, 0.2) is 24.3 Å². The van der Waals surface area contributed by atoms with E-state index in [1.165, 1.54) is 0 Å². The van der Waals surface area contributed by atoms with Crippen molar-refractivity contribution in [1.29, 1.82) is 0 Å². The molecule has 31 heavy (non-hydrogen) atoms. The quantitative estimate of drug-likeness (QED) is 0.536. The minimum absolute atomic E-state index is 0.0341. The van der Waals surface area contributed by atoms with E-state index in [0.717, 1.165) is 6.42 Å². The number of thioether (sulfide) groups is 1. The first-order chi connectivity index (χ1) is 14.8. The summed E-state index contributed by atoms with van der Waals surface area (Å²) in [5.74, 6) is -1.29. The fraction of sp³-hybridized carbons (Fsp3) is 0.591. The maximum absolute atomic E-state index is 13.6. The molecular formula is C22H28ClN3O4S. The molecule has 0 aliphatic carbocycles. The first-order valence-corrected chi connectivity index (χ1v) is 12.0. The zero-order valence-electron chi connectivity index (χ0n) is 17.6. The molecule has 1 aromatic carbocycles. The minimum Gasteiger partial charge on any atom is -0.396 e. The van der Waals surface area contributed by atoms with Crippen LogP contribution in [0.2, 0.25) is 5.02 Å². The van der Waals surface area contributed by atoms with E-state index in [1.807, 2.05) is 0 Å². The number of amides is 3. The van der Waals surface area contributed by atoms with Crippen LogP contribution in [-0.4, -0.2) is 64.0 Å². The van der Waals surface area contributed by atoms with Crippen molar-refractivity contribution in [3.8, 4) is 0 Å². The lowest BCUT2D eigenvalue weighted by molar-refractivity contribution is -0.139. The number of fused-ring (bicyclic) bond motifs is 1. The summed E-state index contributed by atoms with van der Waals surface area (Å²) in [4.78, 5) is 41.6. The summed E-state index contributed by atoms with van der Waals surface area (Å²) in [5, 5.41) is 15.5. The first kappa shape index (κ1) is 22.4. The lowest BCUT2D eigenvalue weighted by Crippen LogP contribution is -2.55. The van der Waals surface area contributed by atoms with Gasteiger partial charge in [0.2, 0.25) is 17.7 Å². The average molecular weight is 466 g/mol. The molecule has 3 fully saturated rings.